The van der Waals surface area contributed by atoms with Crippen molar-refractivity contribution in [3.8, 4) is 0 Å². The van der Waals surface area contributed by atoms with E-state index in [1.807, 2.05) is 0 Å². The first kappa shape index (κ1) is 19.6. The van der Waals surface area contributed by atoms with Crippen LogP contribution in [-0.2, 0) is 9.59 Å². The Hall–Kier alpha value is -3.68. The predicted molar refractivity (Wildman–Crippen MR) is 110 cm³/mol. The fraction of sp³-hybridized carbons (Fsp3) is 0.273. The lowest BCUT2D eigenvalue weighted by Crippen LogP contribution is -2.42. The molecule has 0 saturated heterocycles. The zero-order valence-corrected chi connectivity index (χ0v) is 16.5. The van der Waals surface area contributed by atoms with Gasteiger partial charge < -0.3 is 20.9 Å². The Morgan fingerprint density at radius 2 is 1.73 bits per heavy atom. The largest absolute Gasteiger partial charge is 0.355 e. The average molecular weight is 406 g/mol. The van der Waals surface area contributed by atoms with Crippen molar-refractivity contribution in [1.82, 2.24) is 15.5 Å². The van der Waals surface area contributed by atoms with E-state index in [1.165, 1.54) is 7.05 Å². The van der Waals surface area contributed by atoms with Gasteiger partial charge in [-0.25, -0.2) is 0 Å². The zero-order chi connectivity index (χ0) is 21.3. The number of rotatable bonds is 6. The van der Waals surface area contributed by atoms with Gasteiger partial charge in [-0.15, -0.1) is 0 Å². The van der Waals surface area contributed by atoms with Crippen LogP contribution in [-0.4, -0.2) is 48.2 Å². The van der Waals surface area contributed by atoms with Gasteiger partial charge in [0.25, 0.3) is 11.8 Å². The summed E-state index contributed by atoms with van der Waals surface area (Å²) in [5, 5.41) is 7.81. The molecule has 1 aliphatic heterocycles. The molecule has 3 N–H and O–H groups in total. The maximum atomic E-state index is 12.9. The number of para-hydroxylation sites is 1. The summed E-state index contributed by atoms with van der Waals surface area (Å²) in [4.78, 5) is 51.6. The highest BCUT2D eigenvalue weighted by atomic mass is 16.2. The molecule has 2 aliphatic rings. The van der Waals surface area contributed by atoms with Gasteiger partial charge in [0.2, 0.25) is 11.8 Å². The van der Waals surface area contributed by atoms with Gasteiger partial charge >= 0.3 is 0 Å². The molecular weight excluding hydrogens is 384 g/mol. The minimum absolute atomic E-state index is 0.0638. The summed E-state index contributed by atoms with van der Waals surface area (Å²) >= 11 is 0. The molecule has 8 nitrogen and oxygen atoms in total. The molecule has 1 unspecified atom stereocenters. The molecule has 0 bridgehead atoms. The monoisotopic (exact) mass is 406 g/mol. The van der Waals surface area contributed by atoms with Crippen LogP contribution in [0.2, 0.25) is 0 Å². The van der Waals surface area contributed by atoms with E-state index in [4.69, 9.17) is 0 Å². The molecule has 0 aromatic heterocycles. The summed E-state index contributed by atoms with van der Waals surface area (Å²) < 4.78 is 0. The Labute approximate surface area is 173 Å². The number of amides is 4. The Morgan fingerprint density at radius 3 is 2.47 bits per heavy atom. The lowest BCUT2D eigenvalue weighted by Gasteiger charge is -2.24. The Bertz CT molecular complexity index is 1030. The summed E-state index contributed by atoms with van der Waals surface area (Å²) in [5.41, 5.74) is 1.89. The van der Waals surface area contributed by atoms with Crippen LogP contribution in [0.1, 0.15) is 45.2 Å². The summed E-state index contributed by atoms with van der Waals surface area (Å²) in [6.45, 7) is -0.272. The second kappa shape index (κ2) is 7.98. The van der Waals surface area contributed by atoms with Gasteiger partial charge in [-0.1, -0.05) is 30.3 Å². The van der Waals surface area contributed by atoms with Crippen molar-refractivity contribution in [2.24, 2.45) is 0 Å². The molecule has 0 radical (unpaired) electrons. The fourth-order valence-electron chi connectivity index (χ4n) is 3.72. The smallest absolute Gasteiger partial charge is 0.255 e. The maximum absolute atomic E-state index is 12.9. The third-order valence-electron chi connectivity index (χ3n) is 5.28. The van der Waals surface area contributed by atoms with Crippen molar-refractivity contribution in [1.29, 1.82) is 0 Å². The fourth-order valence-corrected chi connectivity index (χ4v) is 3.72. The number of carbonyl (C=O) groups excluding carboxylic acids is 4. The van der Waals surface area contributed by atoms with Gasteiger partial charge in [0, 0.05) is 18.7 Å². The zero-order valence-electron chi connectivity index (χ0n) is 16.5. The van der Waals surface area contributed by atoms with Crippen molar-refractivity contribution in [3.05, 3.63) is 65.2 Å². The molecule has 1 heterocycles. The number of hydrogen-bond donors (Lipinski definition) is 3. The van der Waals surface area contributed by atoms with E-state index >= 15 is 0 Å². The molecule has 1 atom stereocenters. The highest BCUT2D eigenvalue weighted by Crippen LogP contribution is 2.41. The Kier molecular flexibility index (Phi) is 5.22. The van der Waals surface area contributed by atoms with Gasteiger partial charge in [-0.2, -0.15) is 0 Å². The lowest BCUT2D eigenvalue weighted by atomic mass is 10.0. The molecule has 2 aromatic carbocycles. The van der Waals surface area contributed by atoms with Crippen LogP contribution in [0, 0.1) is 0 Å². The highest BCUT2D eigenvalue weighted by Gasteiger charge is 2.47. The van der Waals surface area contributed by atoms with E-state index < -0.39 is 17.9 Å². The van der Waals surface area contributed by atoms with Gasteiger partial charge in [0.1, 0.15) is 6.04 Å². The first-order valence-corrected chi connectivity index (χ1v) is 9.81. The van der Waals surface area contributed by atoms with Crippen LogP contribution in [0.15, 0.2) is 48.5 Å². The molecule has 1 fully saturated rings. The minimum atomic E-state index is -0.729. The van der Waals surface area contributed by atoms with Crippen LogP contribution in [0.5, 0.6) is 0 Å². The topological polar surface area (TPSA) is 108 Å². The number of carbonyl (C=O) groups is 4. The van der Waals surface area contributed by atoms with Crippen molar-refractivity contribution in [2.45, 2.75) is 24.9 Å². The third kappa shape index (κ3) is 3.63. The molecule has 2 aromatic rings. The molecule has 4 amide bonds. The quantitative estimate of drug-likeness (QED) is 0.675. The Morgan fingerprint density at radius 1 is 1.03 bits per heavy atom. The normalized spacial score (nSPS) is 17.3. The SMILES string of the molecule is CNC(=O)c1ccccc1NC(=O)CNC(=O)C1c2ccccc2C(=O)N1C1CC1. The molecule has 0 spiro atoms. The van der Waals surface area contributed by atoms with Gasteiger partial charge in [0.15, 0.2) is 0 Å². The first-order valence-electron chi connectivity index (χ1n) is 9.81. The first-order chi connectivity index (χ1) is 14.5. The summed E-state index contributed by atoms with van der Waals surface area (Å²) in [6.07, 6.45) is 1.75. The van der Waals surface area contributed by atoms with E-state index in [9.17, 15) is 19.2 Å². The Balaban J connectivity index is 1.44. The minimum Gasteiger partial charge on any atom is -0.355 e. The van der Waals surface area contributed by atoms with Crippen LogP contribution in [0.4, 0.5) is 5.69 Å². The highest BCUT2D eigenvalue weighted by molar-refractivity contribution is 6.07. The van der Waals surface area contributed by atoms with Crippen molar-refractivity contribution in [3.63, 3.8) is 0 Å². The standard InChI is InChI=1S/C22H22N4O4/c1-23-20(28)16-8-4-5-9-17(16)25-18(27)12-24-21(29)19-14-6-2-3-7-15(14)22(30)26(19)13-10-11-13/h2-9,13,19H,10-12H2,1H3,(H,23,28)(H,24,29)(H,25,27). The number of fused-ring (bicyclic) bond motifs is 1. The van der Waals surface area contributed by atoms with Crippen molar-refractivity contribution < 1.29 is 19.2 Å². The van der Waals surface area contributed by atoms with E-state index in [0.717, 1.165) is 12.8 Å². The summed E-state index contributed by atoms with van der Waals surface area (Å²) in [5.74, 6) is -1.32. The number of nitrogens with one attached hydrogen (secondary N) is 3. The molecule has 30 heavy (non-hydrogen) atoms. The molecular formula is C22H22N4O4. The van der Waals surface area contributed by atoms with Crippen LogP contribution >= 0.6 is 0 Å². The number of nitrogens with zero attached hydrogens (tertiary/aromatic N) is 1. The molecule has 154 valence electrons. The van der Waals surface area contributed by atoms with E-state index in [0.29, 0.717) is 22.4 Å². The second-order valence-corrected chi connectivity index (χ2v) is 7.32. The lowest BCUT2D eigenvalue weighted by molar-refractivity contribution is -0.127. The van der Waals surface area contributed by atoms with Crippen LogP contribution in [0.3, 0.4) is 0 Å². The average Bonchev–Trinajstić information content (AvgIpc) is 3.56. The number of benzene rings is 2. The van der Waals surface area contributed by atoms with E-state index in [-0.39, 0.29) is 24.4 Å². The number of hydrogen-bond acceptors (Lipinski definition) is 4. The van der Waals surface area contributed by atoms with Gasteiger partial charge in [-0.05, 0) is 36.6 Å². The van der Waals surface area contributed by atoms with Crippen LogP contribution in [0.25, 0.3) is 0 Å². The maximum Gasteiger partial charge on any atom is 0.255 e. The third-order valence-corrected chi connectivity index (χ3v) is 5.28. The molecule has 8 heteroatoms. The molecule has 4 rings (SSSR count). The van der Waals surface area contributed by atoms with Gasteiger partial charge in [-0.3, -0.25) is 19.2 Å². The predicted octanol–water partition coefficient (Wildman–Crippen LogP) is 1.46. The van der Waals surface area contributed by atoms with Crippen molar-refractivity contribution in [2.75, 3.05) is 18.9 Å². The van der Waals surface area contributed by atoms with E-state index in [1.54, 1.807) is 53.4 Å². The van der Waals surface area contributed by atoms with Crippen LogP contribution < -0.4 is 16.0 Å². The van der Waals surface area contributed by atoms with E-state index in [2.05, 4.69) is 16.0 Å². The number of anilines is 1. The second-order valence-electron chi connectivity index (χ2n) is 7.32. The summed E-state index contributed by atoms with van der Waals surface area (Å²) in [6, 6.07) is 13.0. The summed E-state index contributed by atoms with van der Waals surface area (Å²) in [7, 11) is 1.51. The van der Waals surface area contributed by atoms with Crippen molar-refractivity contribution >= 4 is 29.3 Å². The van der Waals surface area contributed by atoms with Gasteiger partial charge in [0.05, 0.1) is 17.8 Å². The molecule has 1 aliphatic carbocycles. The molecule has 1 saturated carbocycles.